The van der Waals surface area contributed by atoms with Crippen molar-refractivity contribution in [3.8, 4) is 17.2 Å². The van der Waals surface area contributed by atoms with Crippen molar-refractivity contribution in [3.05, 3.63) is 30.1 Å². The second-order valence-electron chi connectivity index (χ2n) is 4.84. The Morgan fingerprint density at radius 2 is 2.00 bits per heavy atom. The van der Waals surface area contributed by atoms with Gasteiger partial charge in [0.25, 0.3) is 5.89 Å². The Morgan fingerprint density at radius 1 is 1.17 bits per heavy atom. The molecule has 1 saturated carbocycles. The minimum atomic E-state index is 0.213. The summed E-state index contributed by atoms with van der Waals surface area (Å²) in [7, 11) is 0. The third-order valence-electron chi connectivity index (χ3n) is 3.51. The number of phenols is 1. The first-order chi connectivity index (χ1) is 8.83. The van der Waals surface area contributed by atoms with E-state index in [1.807, 2.05) is 6.07 Å². The summed E-state index contributed by atoms with van der Waals surface area (Å²) in [6, 6.07) is 6.90. The predicted molar refractivity (Wildman–Crippen MR) is 67.2 cm³/mol. The zero-order chi connectivity index (χ0) is 12.4. The lowest BCUT2D eigenvalue weighted by atomic mass is 9.89. The first-order valence-corrected chi connectivity index (χ1v) is 6.46. The standard InChI is InChI=1S/C14H16N2O2/c17-12-8-4-7-11(9-12)14-15-13(16-18-14)10-5-2-1-3-6-10/h4,7-10,17H,1-3,5-6H2. The van der Waals surface area contributed by atoms with E-state index in [0.717, 1.165) is 24.2 Å². The summed E-state index contributed by atoms with van der Waals surface area (Å²) in [5, 5.41) is 13.5. The summed E-state index contributed by atoms with van der Waals surface area (Å²) in [6.45, 7) is 0. The molecule has 1 aliphatic carbocycles. The van der Waals surface area contributed by atoms with Gasteiger partial charge in [-0.2, -0.15) is 4.98 Å². The Hall–Kier alpha value is -1.84. The van der Waals surface area contributed by atoms with E-state index in [2.05, 4.69) is 10.1 Å². The van der Waals surface area contributed by atoms with Crippen LogP contribution in [0.4, 0.5) is 0 Å². The molecule has 94 valence electrons. The molecule has 2 aromatic rings. The minimum absolute atomic E-state index is 0.213. The van der Waals surface area contributed by atoms with Crippen LogP contribution in [0.2, 0.25) is 0 Å². The first kappa shape index (κ1) is 11.3. The smallest absolute Gasteiger partial charge is 0.258 e. The van der Waals surface area contributed by atoms with Crippen molar-refractivity contribution in [1.82, 2.24) is 10.1 Å². The maximum Gasteiger partial charge on any atom is 0.258 e. The van der Waals surface area contributed by atoms with Gasteiger partial charge in [0.15, 0.2) is 5.82 Å². The molecule has 1 aromatic carbocycles. The molecule has 0 saturated heterocycles. The molecule has 3 rings (SSSR count). The Bertz CT molecular complexity index is 530. The van der Waals surface area contributed by atoms with Gasteiger partial charge in [-0.3, -0.25) is 0 Å². The lowest BCUT2D eigenvalue weighted by Gasteiger charge is -2.17. The highest BCUT2D eigenvalue weighted by molar-refractivity contribution is 5.55. The van der Waals surface area contributed by atoms with Crippen molar-refractivity contribution < 1.29 is 9.63 Å². The zero-order valence-corrected chi connectivity index (χ0v) is 10.2. The molecular formula is C14H16N2O2. The van der Waals surface area contributed by atoms with E-state index in [9.17, 15) is 5.11 Å². The fraction of sp³-hybridized carbons (Fsp3) is 0.429. The monoisotopic (exact) mass is 244 g/mol. The normalized spacial score (nSPS) is 16.9. The molecular weight excluding hydrogens is 228 g/mol. The largest absolute Gasteiger partial charge is 0.508 e. The van der Waals surface area contributed by atoms with Crippen LogP contribution in [0.15, 0.2) is 28.8 Å². The molecule has 1 heterocycles. The van der Waals surface area contributed by atoms with Gasteiger partial charge in [0.2, 0.25) is 0 Å². The van der Waals surface area contributed by atoms with Gasteiger partial charge in [0.05, 0.1) is 0 Å². The summed E-state index contributed by atoms with van der Waals surface area (Å²) >= 11 is 0. The maximum atomic E-state index is 9.44. The van der Waals surface area contributed by atoms with Crippen LogP contribution in [-0.2, 0) is 0 Å². The van der Waals surface area contributed by atoms with Gasteiger partial charge in [-0.1, -0.05) is 30.5 Å². The van der Waals surface area contributed by atoms with Gasteiger partial charge in [-0.05, 0) is 31.0 Å². The molecule has 1 N–H and O–H groups in total. The van der Waals surface area contributed by atoms with Crippen LogP contribution >= 0.6 is 0 Å². The summed E-state index contributed by atoms with van der Waals surface area (Å²) in [4.78, 5) is 4.46. The molecule has 0 atom stereocenters. The quantitative estimate of drug-likeness (QED) is 0.878. The molecule has 0 radical (unpaired) electrons. The maximum absolute atomic E-state index is 9.44. The number of phenolic OH excluding ortho intramolecular Hbond substituents is 1. The van der Waals surface area contributed by atoms with E-state index >= 15 is 0 Å². The lowest BCUT2D eigenvalue weighted by Crippen LogP contribution is -2.06. The predicted octanol–water partition coefficient (Wildman–Crippen LogP) is 3.49. The Labute approximate surface area is 106 Å². The summed E-state index contributed by atoms with van der Waals surface area (Å²) in [6.07, 6.45) is 6.12. The Morgan fingerprint density at radius 3 is 2.78 bits per heavy atom. The number of benzene rings is 1. The second kappa shape index (κ2) is 4.80. The highest BCUT2D eigenvalue weighted by Crippen LogP contribution is 2.32. The van der Waals surface area contributed by atoms with Crippen LogP contribution in [-0.4, -0.2) is 15.2 Å². The Balaban J connectivity index is 1.84. The molecule has 0 spiro atoms. The molecule has 0 amide bonds. The van der Waals surface area contributed by atoms with Crippen LogP contribution in [0.25, 0.3) is 11.5 Å². The number of hydrogen-bond acceptors (Lipinski definition) is 4. The van der Waals surface area contributed by atoms with Crippen LogP contribution in [0.1, 0.15) is 43.8 Å². The van der Waals surface area contributed by atoms with Gasteiger partial charge in [0.1, 0.15) is 5.75 Å². The average Bonchev–Trinajstić information content (AvgIpc) is 2.89. The van der Waals surface area contributed by atoms with Gasteiger partial charge in [-0.25, -0.2) is 0 Å². The first-order valence-electron chi connectivity index (χ1n) is 6.46. The number of aromatic nitrogens is 2. The van der Waals surface area contributed by atoms with E-state index in [1.165, 1.54) is 19.3 Å². The average molecular weight is 244 g/mol. The SMILES string of the molecule is Oc1cccc(-c2nc(C3CCCCC3)no2)c1. The van der Waals surface area contributed by atoms with E-state index < -0.39 is 0 Å². The summed E-state index contributed by atoms with van der Waals surface area (Å²) in [5.74, 6) is 1.96. The van der Waals surface area contributed by atoms with E-state index in [4.69, 9.17) is 4.52 Å². The summed E-state index contributed by atoms with van der Waals surface area (Å²) < 4.78 is 5.29. The fourth-order valence-electron chi connectivity index (χ4n) is 2.52. The topological polar surface area (TPSA) is 59.2 Å². The van der Waals surface area contributed by atoms with E-state index in [0.29, 0.717) is 11.8 Å². The summed E-state index contributed by atoms with van der Waals surface area (Å²) in [5.41, 5.74) is 0.768. The van der Waals surface area contributed by atoms with Gasteiger partial charge in [-0.15, -0.1) is 0 Å². The molecule has 1 fully saturated rings. The lowest BCUT2D eigenvalue weighted by molar-refractivity contribution is 0.385. The van der Waals surface area contributed by atoms with Gasteiger partial charge >= 0.3 is 0 Å². The highest BCUT2D eigenvalue weighted by atomic mass is 16.5. The molecule has 0 aliphatic heterocycles. The van der Waals surface area contributed by atoms with Crippen molar-refractivity contribution in [2.75, 3.05) is 0 Å². The molecule has 18 heavy (non-hydrogen) atoms. The van der Waals surface area contributed by atoms with Gasteiger partial charge in [0, 0.05) is 11.5 Å². The van der Waals surface area contributed by atoms with E-state index in [1.54, 1.807) is 18.2 Å². The van der Waals surface area contributed by atoms with Crippen molar-refractivity contribution in [3.63, 3.8) is 0 Å². The minimum Gasteiger partial charge on any atom is -0.508 e. The molecule has 0 unspecified atom stereocenters. The number of nitrogens with zero attached hydrogens (tertiary/aromatic N) is 2. The van der Waals surface area contributed by atoms with Crippen LogP contribution in [0.3, 0.4) is 0 Å². The molecule has 1 aromatic heterocycles. The number of hydrogen-bond donors (Lipinski definition) is 1. The molecule has 0 bridgehead atoms. The van der Waals surface area contributed by atoms with Crippen molar-refractivity contribution >= 4 is 0 Å². The highest BCUT2D eigenvalue weighted by Gasteiger charge is 2.21. The second-order valence-corrected chi connectivity index (χ2v) is 4.84. The fourth-order valence-corrected chi connectivity index (χ4v) is 2.52. The van der Waals surface area contributed by atoms with Crippen LogP contribution in [0, 0.1) is 0 Å². The third-order valence-corrected chi connectivity index (χ3v) is 3.51. The van der Waals surface area contributed by atoms with Crippen LogP contribution < -0.4 is 0 Å². The molecule has 1 aliphatic rings. The third kappa shape index (κ3) is 2.23. The van der Waals surface area contributed by atoms with Crippen molar-refractivity contribution in [2.24, 2.45) is 0 Å². The van der Waals surface area contributed by atoms with Crippen molar-refractivity contribution in [1.29, 1.82) is 0 Å². The van der Waals surface area contributed by atoms with Gasteiger partial charge < -0.3 is 9.63 Å². The molecule has 4 nitrogen and oxygen atoms in total. The van der Waals surface area contributed by atoms with Crippen LogP contribution in [0.5, 0.6) is 5.75 Å². The number of aromatic hydroxyl groups is 1. The molecule has 4 heteroatoms. The zero-order valence-electron chi connectivity index (χ0n) is 10.2. The van der Waals surface area contributed by atoms with Crippen molar-refractivity contribution in [2.45, 2.75) is 38.0 Å². The van der Waals surface area contributed by atoms with E-state index in [-0.39, 0.29) is 5.75 Å². The number of rotatable bonds is 2. The Kier molecular flexibility index (Phi) is 3.00.